The molecule has 3 nitrogen and oxygen atoms in total. The number of nitrogens with zero attached hydrogens (tertiary/aromatic N) is 1. The van der Waals surface area contributed by atoms with Gasteiger partial charge in [-0.2, -0.15) is 0 Å². The Bertz CT molecular complexity index is 171. The number of likely N-dealkylation sites (N-methyl/N-ethyl adjacent to an activating group) is 1. The fourth-order valence-electron chi connectivity index (χ4n) is 1.63. The van der Waals surface area contributed by atoms with Gasteiger partial charge in [-0.3, -0.25) is 9.69 Å². The first-order valence-corrected chi connectivity index (χ1v) is 6.00. The molecule has 0 aliphatic carbocycles. The first-order chi connectivity index (χ1) is 7.07. The van der Waals surface area contributed by atoms with Crippen molar-refractivity contribution in [1.82, 2.24) is 4.90 Å². The van der Waals surface area contributed by atoms with E-state index in [1.807, 2.05) is 11.9 Å². The normalized spacial score (nSPS) is 13.1. The van der Waals surface area contributed by atoms with Crippen LogP contribution in [0, 0.1) is 0 Å². The lowest BCUT2D eigenvalue weighted by Gasteiger charge is -2.22. The van der Waals surface area contributed by atoms with Gasteiger partial charge in [-0.1, -0.05) is 39.0 Å². The highest BCUT2D eigenvalue weighted by Gasteiger charge is 2.11. The molecule has 0 radical (unpaired) electrons. The molecule has 0 amide bonds. The van der Waals surface area contributed by atoms with Crippen LogP contribution in [0.5, 0.6) is 0 Å². The summed E-state index contributed by atoms with van der Waals surface area (Å²) in [7, 11) is 1.88. The lowest BCUT2D eigenvalue weighted by Crippen LogP contribution is -2.33. The molecule has 15 heavy (non-hydrogen) atoms. The number of carbonyl (C=O) groups is 1. The van der Waals surface area contributed by atoms with Gasteiger partial charge in [0, 0.05) is 6.04 Å². The molecule has 0 aliphatic rings. The summed E-state index contributed by atoms with van der Waals surface area (Å²) >= 11 is 0. The van der Waals surface area contributed by atoms with Crippen molar-refractivity contribution in [2.45, 2.75) is 58.4 Å². The monoisotopic (exact) mass is 215 g/mol. The van der Waals surface area contributed by atoms with E-state index in [1.54, 1.807) is 0 Å². The third kappa shape index (κ3) is 8.43. The van der Waals surface area contributed by atoms with Gasteiger partial charge >= 0.3 is 5.97 Å². The largest absolute Gasteiger partial charge is 0.480 e. The van der Waals surface area contributed by atoms with Crippen molar-refractivity contribution in [1.29, 1.82) is 0 Å². The van der Waals surface area contributed by atoms with Gasteiger partial charge in [-0.05, 0) is 20.4 Å². The quantitative estimate of drug-likeness (QED) is 0.601. The minimum Gasteiger partial charge on any atom is -0.480 e. The van der Waals surface area contributed by atoms with Gasteiger partial charge < -0.3 is 5.11 Å². The molecule has 1 atom stereocenters. The summed E-state index contributed by atoms with van der Waals surface area (Å²) in [6, 6.07) is 0.378. The van der Waals surface area contributed by atoms with Gasteiger partial charge in [0.15, 0.2) is 0 Å². The highest BCUT2D eigenvalue weighted by Crippen LogP contribution is 2.10. The Hall–Kier alpha value is -0.570. The molecule has 0 aromatic carbocycles. The van der Waals surface area contributed by atoms with E-state index in [0.29, 0.717) is 6.04 Å². The summed E-state index contributed by atoms with van der Waals surface area (Å²) in [4.78, 5) is 12.4. The molecular formula is C12H25NO2. The number of carboxylic acid groups (broad SMARTS) is 1. The minimum atomic E-state index is -0.740. The van der Waals surface area contributed by atoms with Crippen LogP contribution in [-0.4, -0.2) is 35.6 Å². The highest BCUT2D eigenvalue weighted by atomic mass is 16.4. The van der Waals surface area contributed by atoms with Crippen molar-refractivity contribution < 1.29 is 9.90 Å². The second-order valence-corrected chi connectivity index (χ2v) is 4.36. The number of carboxylic acids is 1. The summed E-state index contributed by atoms with van der Waals surface area (Å²) in [6.07, 6.45) is 7.50. The predicted octanol–water partition coefficient (Wildman–Crippen LogP) is 2.75. The van der Waals surface area contributed by atoms with E-state index in [1.165, 1.54) is 32.1 Å². The first kappa shape index (κ1) is 14.4. The van der Waals surface area contributed by atoms with Crippen LogP contribution in [0.1, 0.15) is 52.4 Å². The molecule has 1 unspecified atom stereocenters. The van der Waals surface area contributed by atoms with E-state index in [-0.39, 0.29) is 6.54 Å². The van der Waals surface area contributed by atoms with Crippen LogP contribution in [0.15, 0.2) is 0 Å². The second-order valence-electron chi connectivity index (χ2n) is 4.36. The van der Waals surface area contributed by atoms with E-state index in [4.69, 9.17) is 5.11 Å². The molecule has 0 heterocycles. The Kier molecular flexibility index (Phi) is 8.38. The average Bonchev–Trinajstić information content (AvgIpc) is 2.16. The summed E-state index contributed by atoms with van der Waals surface area (Å²) in [5.74, 6) is -0.740. The Labute approximate surface area is 93.5 Å². The molecular weight excluding hydrogens is 190 g/mol. The van der Waals surface area contributed by atoms with Crippen LogP contribution in [0.3, 0.4) is 0 Å². The molecule has 0 aromatic rings. The van der Waals surface area contributed by atoms with Crippen molar-refractivity contribution in [2.75, 3.05) is 13.6 Å². The zero-order chi connectivity index (χ0) is 11.7. The second kappa shape index (κ2) is 8.72. The number of aliphatic carboxylic acids is 1. The van der Waals surface area contributed by atoms with E-state index >= 15 is 0 Å². The molecule has 90 valence electrons. The van der Waals surface area contributed by atoms with E-state index in [2.05, 4.69) is 13.8 Å². The third-order valence-corrected chi connectivity index (χ3v) is 2.86. The molecule has 3 heteroatoms. The first-order valence-electron chi connectivity index (χ1n) is 6.00. The summed E-state index contributed by atoms with van der Waals surface area (Å²) < 4.78 is 0. The Morgan fingerprint density at radius 2 is 1.87 bits per heavy atom. The van der Waals surface area contributed by atoms with Crippen molar-refractivity contribution in [3.8, 4) is 0 Å². The van der Waals surface area contributed by atoms with Crippen LogP contribution < -0.4 is 0 Å². The van der Waals surface area contributed by atoms with Crippen LogP contribution in [0.25, 0.3) is 0 Å². The van der Waals surface area contributed by atoms with E-state index in [0.717, 1.165) is 6.42 Å². The number of rotatable bonds is 9. The predicted molar refractivity (Wildman–Crippen MR) is 63.1 cm³/mol. The van der Waals surface area contributed by atoms with Crippen molar-refractivity contribution in [2.24, 2.45) is 0 Å². The van der Waals surface area contributed by atoms with E-state index in [9.17, 15) is 4.79 Å². The smallest absolute Gasteiger partial charge is 0.317 e. The maximum Gasteiger partial charge on any atom is 0.317 e. The van der Waals surface area contributed by atoms with Gasteiger partial charge in [-0.15, -0.1) is 0 Å². The number of unbranched alkanes of at least 4 members (excludes halogenated alkanes) is 4. The molecule has 0 rings (SSSR count). The molecule has 0 spiro atoms. The highest BCUT2D eigenvalue weighted by molar-refractivity contribution is 5.69. The molecule has 1 N–H and O–H groups in total. The Morgan fingerprint density at radius 3 is 2.40 bits per heavy atom. The molecule has 0 saturated heterocycles. The van der Waals surface area contributed by atoms with Crippen LogP contribution in [0.4, 0.5) is 0 Å². The topological polar surface area (TPSA) is 40.5 Å². The van der Waals surface area contributed by atoms with Gasteiger partial charge in [0.1, 0.15) is 0 Å². The zero-order valence-corrected chi connectivity index (χ0v) is 10.3. The van der Waals surface area contributed by atoms with Gasteiger partial charge in [0.25, 0.3) is 0 Å². The van der Waals surface area contributed by atoms with Gasteiger partial charge in [-0.25, -0.2) is 0 Å². The van der Waals surface area contributed by atoms with Crippen LogP contribution in [-0.2, 0) is 4.79 Å². The summed E-state index contributed by atoms with van der Waals surface area (Å²) in [5.41, 5.74) is 0. The lowest BCUT2D eigenvalue weighted by atomic mass is 10.1. The van der Waals surface area contributed by atoms with Gasteiger partial charge in [0.05, 0.1) is 6.54 Å². The van der Waals surface area contributed by atoms with Crippen LogP contribution in [0.2, 0.25) is 0 Å². The third-order valence-electron chi connectivity index (χ3n) is 2.86. The lowest BCUT2D eigenvalue weighted by molar-refractivity contribution is -0.138. The molecule has 0 bridgehead atoms. The van der Waals surface area contributed by atoms with Gasteiger partial charge in [0.2, 0.25) is 0 Å². The molecule has 0 aromatic heterocycles. The minimum absolute atomic E-state index is 0.149. The van der Waals surface area contributed by atoms with E-state index < -0.39 is 5.97 Å². The molecule has 0 saturated carbocycles. The van der Waals surface area contributed by atoms with Crippen molar-refractivity contribution >= 4 is 5.97 Å². The maximum atomic E-state index is 10.5. The fourth-order valence-corrected chi connectivity index (χ4v) is 1.63. The average molecular weight is 215 g/mol. The number of hydrogen-bond acceptors (Lipinski definition) is 2. The number of hydrogen-bond donors (Lipinski definition) is 1. The fraction of sp³-hybridized carbons (Fsp3) is 0.917. The SMILES string of the molecule is CCCCCCCC(C)N(C)CC(=O)O. The summed E-state index contributed by atoms with van der Waals surface area (Å²) in [6.45, 7) is 4.46. The maximum absolute atomic E-state index is 10.5. The Balaban J connectivity index is 3.46. The molecule has 0 aliphatic heterocycles. The van der Waals surface area contributed by atoms with Crippen LogP contribution >= 0.6 is 0 Å². The molecule has 0 fully saturated rings. The Morgan fingerprint density at radius 1 is 1.27 bits per heavy atom. The standard InChI is InChI=1S/C12H25NO2/c1-4-5-6-7-8-9-11(2)13(3)10-12(14)15/h11H,4-10H2,1-3H3,(H,14,15). The zero-order valence-electron chi connectivity index (χ0n) is 10.3. The van der Waals surface area contributed by atoms with Crippen molar-refractivity contribution in [3.63, 3.8) is 0 Å². The summed E-state index contributed by atoms with van der Waals surface area (Å²) in [5, 5.41) is 8.63. The van der Waals surface area contributed by atoms with Crippen molar-refractivity contribution in [3.05, 3.63) is 0 Å².